The second-order valence-electron chi connectivity index (χ2n) is 5.77. The molecule has 0 aliphatic heterocycles. The van der Waals surface area contributed by atoms with Crippen molar-refractivity contribution >= 4 is 18.3 Å². The van der Waals surface area contributed by atoms with Crippen LogP contribution in [0, 0.1) is 0 Å². The van der Waals surface area contributed by atoms with Crippen LogP contribution in [0.2, 0.25) is 0 Å². The normalized spacial score (nSPS) is 9.93. The quantitative estimate of drug-likeness (QED) is 0.707. The van der Waals surface area contributed by atoms with Crippen LogP contribution in [-0.4, -0.2) is 45.2 Å². The van der Waals surface area contributed by atoms with Crippen molar-refractivity contribution in [2.24, 2.45) is 5.73 Å². The Morgan fingerprint density at radius 2 is 1.59 bits per heavy atom. The van der Waals surface area contributed by atoms with Crippen LogP contribution in [0.15, 0.2) is 42.5 Å². The highest BCUT2D eigenvalue weighted by atomic mass is 35.5. The number of nitrogens with zero attached hydrogens (tertiary/aromatic N) is 1. The first-order chi connectivity index (χ1) is 12.6. The molecule has 0 fully saturated rings. The molecule has 2 aromatic rings. The molecule has 0 aromatic heterocycles. The van der Waals surface area contributed by atoms with Gasteiger partial charge in [0, 0.05) is 18.7 Å². The van der Waals surface area contributed by atoms with E-state index in [0.29, 0.717) is 42.4 Å². The van der Waals surface area contributed by atoms with Crippen LogP contribution in [0.5, 0.6) is 17.2 Å². The zero-order chi connectivity index (χ0) is 18.9. The van der Waals surface area contributed by atoms with Crippen LogP contribution in [-0.2, 0) is 6.54 Å². The fraction of sp³-hybridized carbons (Fsp3) is 0.350. The molecule has 27 heavy (non-hydrogen) atoms. The Balaban J connectivity index is 0.00000364. The summed E-state index contributed by atoms with van der Waals surface area (Å²) in [6.07, 6.45) is 0.725. The van der Waals surface area contributed by atoms with E-state index in [0.717, 1.165) is 12.0 Å². The molecule has 0 unspecified atom stereocenters. The summed E-state index contributed by atoms with van der Waals surface area (Å²) in [5.41, 5.74) is 7.18. The number of hydrogen-bond acceptors (Lipinski definition) is 5. The van der Waals surface area contributed by atoms with Crippen molar-refractivity contribution in [2.75, 3.05) is 34.4 Å². The standard InChI is InChI=1S/C20H26N2O4.ClH/c1-24-17-12-16(13-18(25-2)19(17)26-3)20(23)22(11-7-10-21)14-15-8-5-4-6-9-15;/h4-6,8-9,12-13H,7,10-11,14,21H2,1-3H3;1H. The van der Waals surface area contributed by atoms with Gasteiger partial charge in [-0.05, 0) is 30.7 Å². The summed E-state index contributed by atoms with van der Waals surface area (Å²) in [6.45, 7) is 1.60. The predicted octanol–water partition coefficient (Wildman–Crippen LogP) is 3.13. The molecule has 0 atom stereocenters. The van der Waals surface area contributed by atoms with E-state index in [1.54, 1.807) is 17.0 Å². The third-order valence-corrected chi connectivity index (χ3v) is 4.05. The Labute approximate surface area is 166 Å². The minimum Gasteiger partial charge on any atom is -0.493 e. The van der Waals surface area contributed by atoms with Crippen molar-refractivity contribution in [1.82, 2.24) is 4.90 Å². The SMILES string of the molecule is COc1cc(C(=O)N(CCCN)Cc2ccccc2)cc(OC)c1OC.Cl. The molecule has 2 aromatic carbocycles. The highest BCUT2D eigenvalue weighted by Crippen LogP contribution is 2.38. The van der Waals surface area contributed by atoms with Gasteiger partial charge in [0.05, 0.1) is 21.3 Å². The van der Waals surface area contributed by atoms with Crippen molar-refractivity contribution in [3.8, 4) is 17.2 Å². The Hall–Kier alpha value is -2.44. The second-order valence-corrected chi connectivity index (χ2v) is 5.77. The number of benzene rings is 2. The van der Waals surface area contributed by atoms with Gasteiger partial charge in [-0.1, -0.05) is 30.3 Å². The van der Waals surface area contributed by atoms with E-state index in [9.17, 15) is 4.79 Å². The number of methoxy groups -OCH3 is 3. The number of halogens is 1. The summed E-state index contributed by atoms with van der Waals surface area (Å²) in [5.74, 6) is 1.26. The largest absolute Gasteiger partial charge is 0.493 e. The van der Waals surface area contributed by atoms with E-state index in [4.69, 9.17) is 19.9 Å². The van der Waals surface area contributed by atoms with Gasteiger partial charge >= 0.3 is 0 Å². The molecule has 0 aliphatic rings. The predicted molar refractivity (Wildman–Crippen MR) is 108 cm³/mol. The summed E-state index contributed by atoms with van der Waals surface area (Å²) >= 11 is 0. The van der Waals surface area contributed by atoms with Gasteiger partial charge in [-0.15, -0.1) is 12.4 Å². The van der Waals surface area contributed by atoms with Crippen LogP contribution in [0.25, 0.3) is 0 Å². The smallest absolute Gasteiger partial charge is 0.254 e. The Bertz CT molecular complexity index is 700. The van der Waals surface area contributed by atoms with E-state index < -0.39 is 0 Å². The molecule has 0 radical (unpaired) electrons. The maximum atomic E-state index is 13.1. The lowest BCUT2D eigenvalue weighted by atomic mass is 10.1. The van der Waals surface area contributed by atoms with Gasteiger partial charge in [-0.2, -0.15) is 0 Å². The van der Waals surface area contributed by atoms with Gasteiger partial charge in [0.2, 0.25) is 5.75 Å². The highest BCUT2D eigenvalue weighted by molar-refractivity contribution is 5.95. The van der Waals surface area contributed by atoms with Crippen LogP contribution >= 0.6 is 12.4 Å². The van der Waals surface area contributed by atoms with Crippen LogP contribution in [0.4, 0.5) is 0 Å². The molecule has 2 N–H and O–H groups in total. The fourth-order valence-electron chi connectivity index (χ4n) is 2.73. The van der Waals surface area contributed by atoms with E-state index in [1.807, 2.05) is 30.3 Å². The molecule has 0 bridgehead atoms. The number of amides is 1. The molecule has 148 valence electrons. The first-order valence-electron chi connectivity index (χ1n) is 8.47. The van der Waals surface area contributed by atoms with Gasteiger partial charge in [0.1, 0.15) is 0 Å². The summed E-state index contributed by atoms with van der Waals surface area (Å²) in [4.78, 5) is 14.9. The Morgan fingerprint density at radius 1 is 1.00 bits per heavy atom. The molecule has 0 spiro atoms. The van der Waals surface area contributed by atoms with Crippen LogP contribution in [0.3, 0.4) is 0 Å². The van der Waals surface area contributed by atoms with Crippen molar-refractivity contribution < 1.29 is 19.0 Å². The van der Waals surface area contributed by atoms with Gasteiger partial charge < -0.3 is 24.8 Å². The van der Waals surface area contributed by atoms with Crippen LogP contribution < -0.4 is 19.9 Å². The summed E-state index contributed by atoms with van der Waals surface area (Å²) in [7, 11) is 4.59. The molecule has 0 aliphatic carbocycles. The van der Waals surface area contributed by atoms with Gasteiger partial charge in [0.25, 0.3) is 5.91 Å². The lowest BCUT2D eigenvalue weighted by Gasteiger charge is -2.24. The number of carbonyl (C=O) groups is 1. The third-order valence-electron chi connectivity index (χ3n) is 4.05. The first kappa shape index (κ1) is 22.6. The average Bonchev–Trinajstić information content (AvgIpc) is 2.70. The van der Waals surface area contributed by atoms with Crippen molar-refractivity contribution in [2.45, 2.75) is 13.0 Å². The first-order valence-corrected chi connectivity index (χ1v) is 8.47. The molecule has 6 nitrogen and oxygen atoms in total. The number of nitrogens with two attached hydrogens (primary N) is 1. The van der Waals surface area contributed by atoms with Gasteiger partial charge in [-0.25, -0.2) is 0 Å². The van der Waals surface area contributed by atoms with Crippen molar-refractivity contribution in [3.63, 3.8) is 0 Å². The molecular formula is C20H27ClN2O4. The molecule has 7 heteroatoms. The molecule has 0 saturated heterocycles. The van der Waals surface area contributed by atoms with E-state index in [2.05, 4.69) is 0 Å². The molecule has 1 amide bonds. The Morgan fingerprint density at radius 3 is 2.07 bits per heavy atom. The monoisotopic (exact) mass is 394 g/mol. The molecular weight excluding hydrogens is 368 g/mol. The van der Waals surface area contributed by atoms with E-state index >= 15 is 0 Å². The second kappa shape index (κ2) is 11.3. The minimum absolute atomic E-state index is 0. The summed E-state index contributed by atoms with van der Waals surface area (Å²) < 4.78 is 16.0. The average molecular weight is 395 g/mol. The summed E-state index contributed by atoms with van der Waals surface area (Å²) in [6, 6.07) is 13.2. The number of hydrogen-bond donors (Lipinski definition) is 1. The number of rotatable bonds is 9. The van der Waals surface area contributed by atoms with Crippen LogP contribution in [0.1, 0.15) is 22.3 Å². The van der Waals surface area contributed by atoms with E-state index in [-0.39, 0.29) is 18.3 Å². The third kappa shape index (κ3) is 5.77. The van der Waals surface area contributed by atoms with Gasteiger partial charge in [-0.3, -0.25) is 4.79 Å². The zero-order valence-electron chi connectivity index (χ0n) is 15.9. The highest BCUT2D eigenvalue weighted by Gasteiger charge is 2.21. The minimum atomic E-state index is -0.110. The molecule has 0 saturated carbocycles. The Kier molecular flexibility index (Phi) is 9.47. The van der Waals surface area contributed by atoms with Crippen molar-refractivity contribution in [3.05, 3.63) is 53.6 Å². The maximum Gasteiger partial charge on any atom is 0.254 e. The topological polar surface area (TPSA) is 74.0 Å². The molecule has 0 heterocycles. The van der Waals surface area contributed by atoms with Crippen molar-refractivity contribution in [1.29, 1.82) is 0 Å². The molecule has 2 rings (SSSR count). The number of carbonyl (C=O) groups excluding carboxylic acids is 1. The lowest BCUT2D eigenvalue weighted by Crippen LogP contribution is -2.32. The summed E-state index contributed by atoms with van der Waals surface area (Å²) in [5, 5.41) is 0. The lowest BCUT2D eigenvalue weighted by molar-refractivity contribution is 0.0741. The maximum absolute atomic E-state index is 13.1. The zero-order valence-corrected chi connectivity index (χ0v) is 16.8. The number of ether oxygens (including phenoxy) is 3. The van der Waals surface area contributed by atoms with E-state index in [1.165, 1.54) is 21.3 Å². The van der Waals surface area contributed by atoms with Gasteiger partial charge in [0.15, 0.2) is 11.5 Å². The fourth-order valence-corrected chi connectivity index (χ4v) is 2.73.